The molecule has 2 rings (SSSR count). The Balaban J connectivity index is 0.000000362. The highest BCUT2D eigenvalue weighted by Gasteiger charge is 2.06. The fourth-order valence-corrected chi connectivity index (χ4v) is 1.98. The number of nitrogens with two attached hydrogens (primary N) is 3. The van der Waals surface area contributed by atoms with Crippen LogP contribution in [0.4, 0.5) is 0 Å². The molecule has 1 unspecified atom stereocenters. The van der Waals surface area contributed by atoms with Crippen LogP contribution in [0.1, 0.15) is 52.8 Å². The van der Waals surface area contributed by atoms with Gasteiger partial charge in [-0.2, -0.15) is 0 Å². The minimum Gasteiger partial charge on any atom is -0.480 e. The van der Waals surface area contributed by atoms with Crippen molar-refractivity contribution < 1.29 is 24.6 Å². The van der Waals surface area contributed by atoms with E-state index >= 15 is 0 Å². The maximum atomic E-state index is 10.4. The van der Waals surface area contributed by atoms with Crippen LogP contribution in [-0.2, 0) is 4.79 Å². The summed E-state index contributed by atoms with van der Waals surface area (Å²) in [5, 5.41) is 16.5. The van der Waals surface area contributed by atoms with Crippen molar-refractivity contribution in [3.8, 4) is 0 Å². The summed E-state index contributed by atoms with van der Waals surface area (Å²) in [5.74, 6) is -2.07. The van der Waals surface area contributed by atoms with Crippen LogP contribution in [-0.4, -0.2) is 47.1 Å². The molecule has 0 saturated heterocycles. The molecule has 1 aliphatic carbocycles. The second kappa shape index (κ2) is 13.1. The van der Waals surface area contributed by atoms with Crippen LogP contribution in [0.3, 0.4) is 0 Å². The van der Waals surface area contributed by atoms with Crippen molar-refractivity contribution in [1.29, 1.82) is 0 Å². The standard InChI is InChI=1S/C8H6O3.C6H13N.C3H8N2O2/c9-5-6-2-1-3-7(4-6)8(10)11;7-6-4-2-1-3-5-6;4-1-2(5)3(6)7/h1-5H,(H,10,11);6H,1-5,7H2;2H,1,4-5H2,(H,6,7). The Morgan fingerprint density at radius 1 is 1.20 bits per heavy atom. The van der Waals surface area contributed by atoms with E-state index in [2.05, 4.69) is 0 Å². The fraction of sp³-hybridized carbons (Fsp3) is 0.471. The minimum atomic E-state index is -1.05. The Labute approximate surface area is 147 Å². The molecule has 0 radical (unpaired) electrons. The quantitative estimate of drug-likeness (QED) is 0.495. The molecule has 8 N–H and O–H groups in total. The van der Waals surface area contributed by atoms with Gasteiger partial charge in [-0.05, 0) is 25.0 Å². The number of carbonyl (C=O) groups excluding carboxylic acids is 1. The van der Waals surface area contributed by atoms with Crippen molar-refractivity contribution in [2.24, 2.45) is 17.2 Å². The molecule has 1 fully saturated rings. The lowest BCUT2D eigenvalue weighted by molar-refractivity contribution is -0.138. The van der Waals surface area contributed by atoms with E-state index in [4.69, 9.17) is 27.4 Å². The number of benzene rings is 1. The summed E-state index contributed by atoms with van der Waals surface area (Å²) in [5.41, 5.74) is 15.9. The Morgan fingerprint density at radius 3 is 2.12 bits per heavy atom. The van der Waals surface area contributed by atoms with E-state index in [1.807, 2.05) is 0 Å². The van der Waals surface area contributed by atoms with E-state index < -0.39 is 18.0 Å². The lowest BCUT2D eigenvalue weighted by Gasteiger charge is -2.15. The number of hydrogen-bond acceptors (Lipinski definition) is 6. The third kappa shape index (κ3) is 11.0. The zero-order valence-corrected chi connectivity index (χ0v) is 14.1. The first-order valence-corrected chi connectivity index (χ1v) is 8.04. The topological polar surface area (TPSA) is 170 Å². The molecule has 140 valence electrons. The summed E-state index contributed by atoms with van der Waals surface area (Å²) in [4.78, 5) is 30.3. The average molecular weight is 353 g/mol. The predicted molar refractivity (Wildman–Crippen MR) is 94.5 cm³/mol. The zero-order chi connectivity index (χ0) is 19.2. The van der Waals surface area contributed by atoms with Crippen LogP contribution in [0.2, 0.25) is 0 Å². The van der Waals surface area contributed by atoms with Crippen molar-refractivity contribution in [1.82, 2.24) is 0 Å². The number of rotatable bonds is 4. The van der Waals surface area contributed by atoms with Gasteiger partial charge in [-0.3, -0.25) is 9.59 Å². The van der Waals surface area contributed by atoms with E-state index in [1.165, 1.54) is 50.3 Å². The van der Waals surface area contributed by atoms with Gasteiger partial charge in [-0.1, -0.05) is 31.4 Å². The van der Waals surface area contributed by atoms with Crippen LogP contribution in [0.15, 0.2) is 24.3 Å². The molecule has 0 bridgehead atoms. The largest absolute Gasteiger partial charge is 0.480 e. The number of aromatic carboxylic acids is 1. The first-order chi connectivity index (χ1) is 11.8. The molecule has 1 atom stereocenters. The highest BCUT2D eigenvalue weighted by Crippen LogP contribution is 2.14. The fourth-order valence-electron chi connectivity index (χ4n) is 1.98. The van der Waals surface area contributed by atoms with Crippen LogP contribution in [0, 0.1) is 0 Å². The van der Waals surface area contributed by atoms with E-state index in [0.717, 1.165) is 0 Å². The number of aldehydes is 1. The highest BCUT2D eigenvalue weighted by molar-refractivity contribution is 5.90. The number of aliphatic carboxylic acids is 1. The summed E-state index contributed by atoms with van der Waals surface area (Å²) >= 11 is 0. The van der Waals surface area contributed by atoms with Gasteiger partial charge < -0.3 is 27.4 Å². The van der Waals surface area contributed by atoms with Gasteiger partial charge in [0, 0.05) is 18.2 Å². The van der Waals surface area contributed by atoms with Crippen LogP contribution >= 0.6 is 0 Å². The number of carboxylic acids is 2. The van der Waals surface area contributed by atoms with Crippen molar-refractivity contribution >= 4 is 18.2 Å². The number of hydrogen-bond donors (Lipinski definition) is 5. The van der Waals surface area contributed by atoms with Gasteiger partial charge in [-0.25, -0.2) is 4.79 Å². The molecule has 0 aromatic heterocycles. The van der Waals surface area contributed by atoms with Crippen molar-refractivity contribution in [3.05, 3.63) is 35.4 Å². The first-order valence-electron chi connectivity index (χ1n) is 8.04. The lowest BCUT2D eigenvalue weighted by atomic mass is 9.97. The van der Waals surface area contributed by atoms with Gasteiger partial charge in [0.15, 0.2) is 0 Å². The van der Waals surface area contributed by atoms with Crippen molar-refractivity contribution in [2.45, 2.75) is 44.2 Å². The summed E-state index contributed by atoms with van der Waals surface area (Å²) in [6.07, 6.45) is 7.28. The third-order valence-electron chi connectivity index (χ3n) is 3.49. The number of carboxylic acid groups (broad SMARTS) is 2. The maximum Gasteiger partial charge on any atom is 0.335 e. The normalized spacial score (nSPS) is 14.8. The lowest BCUT2D eigenvalue weighted by Crippen LogP contribution is -2.37. The molecule has 25 heavy (non-hydrogen) atoms. The molecule has 8 nitrogen and oxygen atoms in total. The second-order valence-electron chi connectivity index (χ2n) is 5.63. The molecule has 1 saturated carbocycles. The number of carbonyl (C=O) groups is 3. The minimum absolute atomic E-state index is 0.00463. The van der Waals surface area contributed by atoms with Crippen LogP contribution in [0.5, 0.6) is 0 Å². The zero-order valence-electron chi connectivity index (χ0n) is 14.1. The van der Waals surface area contributed by atoms with Crippen LogP contribution in [0.25, 0.3) is 0 Å². The molecule has 0 amide bonds. The van der Waals surface area contributed by atoms with Gasteiger partial charge in [0.25, 0.3) is 0 Å². The smallest absolute Gasteiger partial charge is 0.335 e. The molecule has 1 aliphatic rings. The Bertz CT molecular complexity index is 545. The van der Waals surface area contributed by atoms with Gasteiger partial charge in [-0.15, -0.1) is 0 Å². The van der Waals surface area contributed by atoms with E-state index in [1.54, 1.807) is 6.07 Å². The monoisotopic (exact) mass is 353 g/mol. The molecule has 1 aromatic rings. The van der Waals surface area contributed by atoms with E-state index in [9.17, 15) is 14.4 Å². The Morgan fingerprint density at radius 2 is 1.80 bits per heavy atom. The molecule has 0 heterocycles. The Kier molecular flexibility index (Phi) is 11.9. The Hall–Kier alpha value is -2.29. The summed E-state index contributed by atoms with van der Waals surface area (Å²) in [6.45, 7) is -0.00463. The molecular formula is C17H27N3O5. The van der Waals surface area contributed by atoms with Gasteiger partial charge in [0.1, 0.15) is 12.3 Å². The molecule has 8 heteroatoms. The van der Waals surface area contributed by atoms with E-state index in [0.29, 0.717) is 17.9 Å². The van der Waals surface area contributed by atoms with Crippen molar-refractivity contribution in [2.75, 3.05) is 6.54 Å². The molecule has 0 spiro atoms. The summed E-state index contributed by atoms with van der Waals surface area (Å²) in [7, 11) is 0. The third-order valence-corrected chi connectivity index (χ3v) is 3.49. The van der Waals surface area contributed by atoms with Gasteiger partial charge >= 0.3 is 11.9 Å². The summed E-state index contributed by atoms with van der Waals surface area (Å²) < 4.78 is 0. The van der Waals surface area contributed by atoms with Gasteiger partial charge in [0.2, 0.25) is 0 Å². The maximum absolute atomic E-state index is 10.4. The average Bonchev–Trinajstić information content (AvgIpc) is 2.62. The van der Waals surface area contributed by atoms with Gasteiger partial charge in [0.05, 0.1) is 5.56 Å². The molecular weight excluding hydrogens is 326 g/mol. The second-order valence-corrected chi connectivity index (χ2v) is 5.63. The van der Waals surface area contributed by atoms with Crippen molar-refractivity contribution in [3.63, 3.8) is 0 Å². The van der Waals surface area contributed by atoms with E-state index in [-0.39, 0.29) is 12.1 Å². The highest BCUT2D eigenvalue weighted by atomic mass is 16.4. The molecule has 0 aliphatic heterocycles. The van der Waals surface area contributed by atoms with Crippen LogP contribution < -0.4 is 17.2 Å². The first kappa shape index (κ1) is 22.7. The predicted octanol–water partition coefficient (Wildman–Crippen LogP) is 0.832. The SMILES string of the molecule is NC1CCCCC1.NCC(N)C(=O)O.O=Cc1cccc(C(=O)O)c1. The molecule has 1 aromatic carbocycles. The summed E-state index contributed by atoms with van der Waals surface area (Å²) in [6, 6.07) is 5.49.